The van der Waals surface area contributed by atoms with Gasteiger partial charge in [0, 0.05) is 16.6 Å². The van der Waals surface area contributed by atoms with Crippen LogP contribution in [0.3, 0.4) is 0 Å². The Bertz CT molecular complexity index is 592. The molecule has 0 aromatic heterocycles. The van der Waals surface area contributed by atoms with E-state index in [0.717, 1.165) is 17.7 Å². The second-order valence-electron chi connectivity index (χ2n) is 5.46. The van der Waals surface area contributed by atoms with Gasteiger partial charge in [0.1, 0.15) is 11.9 Å². The molecule has 0 spiro atoms. The van der Waals surface area contributed by atoms with Gasteiger partial charge >= 0.3 is 0 Å². The molecule has 0 bridgehead atoms. The van der Waals surface area contributed by atoms with E-state index in [4.69, 9.17) is 22.1 Å². The van der Waals surface area contributed by atoms with Crippen molar-refractivity contribution in [2.75, 3.05) is 0 Å². The molecule has 112 valence electrons. The summed E-state index contributed by atoms with van der Waals surface area (Å²) in [6.07, 6.45) is 0.575. The molecule has 2 rings (SSSR count). The van der Waals surface area contributed by atoms with Crippen molar-refractivity contribution in [3.05, 3.63) is 64.2 Å². The molecule has 0 radical (unpaired) electrons. The maximum absolute atomic E-state index is 6.31. The first-order valence-electron chi connectivity index (χ1n) is 7.26. The summed E-state index contributed by atoms with van der Waals surface area (Å²) < 4.78 is 6.19. The summed E-state index contributed by atoms with van der Waals surface area (Å²) in [5, 5.41) is 0.691. The summed E-state index contributed by atoms with van der Waals surface area (Å²) in [5.41, 5.74) is 9.54. The third kappa shape index (κ3) is 3.99. The van der Waals surface area contributed by atoms with Crippen molar-refractivity contribution in [1.82, 2.24) is 0 Å². The van der Waals surface area contributed by atoms with Crippen LogP contribution in [-0.2, 0) is 0 Å². The quantitative estimate of drug-likeness (QED) is 0.860. The third-order valence-corrected chi connectivity index (χ3v) is 3.87. The summed E-state index contributed by atoms with van der Waals surface area (Å²) in [7, 11) is 0. The molecule has 0 amide bonds. The molecule has 2 nitrogen and oxygen atoms in total. The zero-order valence-electron chi connectivity index (χ0n) is 12.8. The molecule has 2 unspecified atom stereocenters. The van der Waals surface area contributed by atoms with Gasteiger partial charge in [0.2, 0.25) is 0 Å². The first-order valence-corrected chi connectivity index (χ1v) is 7.64. The van der Waals surface area contributed by atoms with Crippen LogP contribution < -0.4 is 10.5 Å². The number of hydrogen-bond acceptors (Lipinski definition) is 2. The van der Waals surface area contributed by atoms with E-state index in [1.165, 1.54) is 11.1 Å². The van der Waals surface area contributed by atoms with Crippen molar-refractivity contribution in [1.29, 1.82) is 0 Å². The third-order valence-electron chi connectivity index (χ3n) is 3.53. The van der Waals surface area contributed by atoms with Gasteiger partial charge in [-0.2, -0.15) is 0 Å². The van der Waals surface area contributed by atoms with Gasteiger partial charge in [-0.25, -0.2) is 0 Å². The molecule has 2 atom stereocenters. The highest BCUT2D eigenvalue weighted by Gasteiger charge is 2.23. The minimum Gasteiger partial charge on any atom is -0.484 e. The summed E-state index contributed by atoms with van der Waals surface area (Å²) in [5.74, 6) is 0.835. The van der Waals surface area contributed by atoms with Crippen LogP contribution in [0.25, 0.3) is 0 Å². The van der Waals surface area contributed by atoms with Gasteiger partial charge in [-0.05, 0) is 49.6 Å². The van der Waals surface area contributed by atoms with Crippen LogP contribution in [0.4, 0.5) is 0 Å². The zero-order valence-corrected chi connectivity index (χ0v) is 13.5. The number of halogens is 1. The molecule has 0 aliphatic rings. The Morgan fingerprint density at radius 3 is 2.29 bits per heavy atom. The highest BCUT2D eigenvalue weighted by molar-refractivity contribution is 6.31. The molecule has 0 heterocycles. The Hall–Kier alpha value is -1.51. The zero-order chi connectivity index (χ0) is 15.4. The van der Waals surface area contributed by atoms with Crippen molar-refractivity contribution >= 4 is 11.6 Å². The summed E-state index contributed by atoms with van der Waals surface area (Å²) >= 11 is 6.31. The molecule has 2 N–H and O–H groups in total. The summed E-state index contributed by atoms with van der Waals surface area (Å²) in [6, 6.07) is 13.8. The lowest BCUT2D eigenvalue weighted by atomic mass is 10.0. The lowest BCUT2D eigenvalue weighted by Crippen LogP contribution is -2.31. The van der Waals surface area contributed by atoms with Crippen molar-refractivity contribution in [2.45, 2.75) is 39.3 Å². The van der Waals surface area contributed by atoms with Gasteiger partial charge < -0.3 is 10.5 Å². The Labute approximate surface area is 131 Å². The standard InChI is InChI=1S/C18H22ClNO/c1-4-17(20)18(15-7-5-6-8-16(15)19)21-14-10-12(2)9-13(3)11-14/h5-11,17-18H,4,20H2,1-3H3. The van der Waals surface area contributed by atoms with Gasteiger partial charge in [0.05, 0.1) is 0 Å². The van der Waals surface area contributed by atoms with E-state index in [0.29, 0.717) is 5.02 Å². The second-order valence-corrected chi connectivity index (χ2v) is 5.86. The average Bonchev–Trinajstić information content (AvgIpc) is 2.44. The summed E-state index contributed by atoms with van der Waals surface area (Å²) in [4.78, 5) is 0. The highest BCUT2D eigenvalue weighted by Crippen LogP contribution is 2.31. The second kappa shape index (κ2) is 6.97. The van der Waals surface area contributed by atoms with E-state index in [1.807, 2.05) is 36.4 Å². The van der Waals surface area contributed by atoms with Crippen LogP contribution in [-0.4, -0.2) is 6.04 Å². The molecule has 0 aliphatic heterocycles. The molecule has 2 aromatic carbocycles. The van der Waals surface area contributed by atoms with Gasteiger partial charge in [0.25, 0.3) is 0 Å². The number of hydrogen-bond donors (Lipinski definition) is 1. The number of benzene rings is 2. The fourth-order valence-electron chi connectivity index (χ4n) is 2.45. The van der Waals surface area contributed by atoms with Crippen molar-refractivity contribution in [2.24, 2.45) is 5.73 Å². The molecule has 2 aromatic rings. The predicted octanol–water partition coefficient (Wildman–Crippen LogP) is 4.81. The van der Waals surface area contributed by atoms with Crippen LogP contribution in [0.1, 0.15) is 36.1 Å². The topological polar surface area (TPSA) is 35.2 Å². The molecule has 0 fully saturated rings. The molecular weight excluding hydrogens is 282 g/mol. The molecule has 0 saturated heterocycles. The van der Waals surface area contributed by atoms with Crippen LogP contribution in [0, 0.1) is 13.8 Å². The van der Waals surface area contributed by atoms with E-state index >= 15 is 0 Å². The molecule has 0 aliphatic carbocycles. The van der Waals surface area contributed by atoms with Gasteiger partial charge in [0.15, 0.2) is 0 Å². The van der Waals surface area contributed by atoms with Crippen LogP contribution in [0.5, 0.6) is 5.75 Å². The van der Waals surface area contributed by atoms with Crippen molar-refractivity contribution in [3.8, 4) is 5.75 Å². The maximum atomic E-state index is 6.31. The lowest BCUT2D eigenvalue weighted by Gasteiger charge is -2.26. The van der Waals surface area contributed by atoms with Crippen LogP contribution >= 0.6 is 11.6 Å². The molecule has 3 heteroatoms. The predicted molar refractivity (Wildman–Crippen MR) is 89.0 cm³/mol. The first-order chi connectivity index (χ1) is 10.0. The maximum Gasteiger partial charge on any atom is 0.140 e. The SMILES string of the molecule is CCC(N)C(Oc1cc(C)cc(C)c1)c1ccccc1Cl. The minimum atomic E-state index is -0.245. The fraction of sp³-hybridized carbons (Fsp3) is 0.333. The van der Waals surface area contributed by atoms with E-state index < -0.39 is 0 Å². The Morgan fingerprint density at radius 2 is 1.71 bits per heavy atom. The van der Waals surface area contributed by atoms with Crippen molar-refractivity contribution in [3.63, 3.8) is 0 Å². The first kappa shape index (κ1) is 15.9. The lowest BCUT2D eigenvalue weighted by molar-refractivity contribution is 0.171. The average molecular weight is 304 g/mol. The van der Waals surface area contributed by atoms with E-state index in [-0.39, 0.29) is 12.1 Å². The van der Waals surface area contributed by atoms with Gasteiger partial charge in [-0.1, -0.05) is 42.8 Å². The van der Waals surface area contributed by atoms with E-state index in [1.54, 1.807) is 0 Å². The Kier molecular flexibility index (Phi) is 5.27. The van der Waals surface area contributed by atoms with Gasteiger partial charge in [-0.15, -0.1) is 0 Å². The highest BCUT2D eigenvalue weighted by atomic mass is 35.5. The molecule has 0 saturated carbocycles. The van der Waals surface area contributed by atoms with E-state index in [9.17, 15) is 0 Å². The van der Waals surface area contributed by atoms with Crippen molar-refractivity contribution < 1.29 is 4.74 Å². The number of ether oxygens (including phenoxy) is 1. The smallest absolute Gasteiger partial charge is 0.140 e. The molecular formula is C18H22ClNO. The number of aryl methyl sites for hydroxylation is 2. The van der Waals surface area contributed by atoms with Crippen LogP contribution in [0.2, 0.25) is 5.02 Å². The Balaban J connectivity index is 2.35. The molecule has 21 heavy (non-hydrogen) atoms. The van der Waals surface area contributed by atoms with E-state index in [2.05, 4.69) is 26.8 Å². The normalized spacial score (nSPS) is 13.8. The number of nitrogens with two attached hydrogens (primary N) is 1. The fourth-order valence-corrected chi connectivity index (χ4v) is 2.69. The number of rotatable bonds is 5. The summed E-state index contributed by atoms with van der Waals surface area (Å²) in [6.45, 7) is 6.17. The Morgan fingerprint density at radius 1 is 1.10 bits per heavy atom. The largest absolute Gasteiger partial charge is 0.484 e. The monoisotopic (exact) mass is 303 g/mol. The van der Waals surface area contributed by atoms with Gasteiger partial charge in [-0.3, -0.25) is 0 Å². The van der Waals surface area contributed by atoms with Crippen LogP contribution in [0.15, 0.2) is 42.5 Å². The minimum absolute atomic E-state index is 0.106.